The van der Waals surface area contributed by atoms with Gasteiger partial charge in [-0.1, -0.05) is 30.3 Å². The van der Waals surface area contributed by atoms with Crippen molar-refractivity contribution < 1.29 is 32.5 Å². The monoisotopic (exact) mass is 465 g/mol. The smallest absolute Gasteiger partial charge is 0.206 e. The molecule has 32 heavy (non-hydrogen) atoms. The first-order valence-corrected chi connectivity index (χ1v) is 12.0. The highest BCUT2D eigenvalue weighted by Gasteiger charge is 2.46. The zero-order valence-electron chi connectivity index (χ0n) is 18.3. The molecule has 0 spiro atoms. The summed E-state index contributed by atoms with van der Waals surface area (Å²) in [5.74, 6) is 0. The Morgan fingerprint density at radius 1 is 1.03 bits per heavy atom. The Labute approximate surface area is 189 Å². The van der Waals surface area contributed by atoms with E-state index in [4.69, 9.17) is 24.7 Å². The molecule has 2 aromatic rings. The van der Waals surface area contributed by atoms with Gasteiger partial charge in [-0.2, -0.15) is 0 Å². The minimum absolute atomic E-state index is 0.166. The van der Waals surface area contributed by atoms with E-state index in [9.17, 15) is 13.5 Å². The maximum Gasteiger partial charge on any atom is 0.206 e. The summed E-state index contributed by atoms with van der Waals surface area (Å²) in [6, 6.07) is 14.1. The molecule has 0 unspecified atom stereocenters. The molecule has 0 bridgehead atoms. The van der Waals surface area contributed by atoms with Crippen LogP contribution in [0.15, 0.2) is 64.4 Å². The van der Waals surface area contributed by atoms with Crippen LogP contribution in [0.1, 0.15) is 18.9 Å². The van der Waals surface area contributed by atoms with Gasteiger partial charge in [-0.25, -0.2) is 8.42 Å². The molecule has 2 aromatic carbocycles. The lowest BCUT2D eigenvalue weighted by molar-refractivity contribution is -0.277. The van der Waals surface area contributed by atoms with Crippen molar-refractivity contribution in [2.24, 2.45) is 5.73 Å². The Balaban J connectivity index is 1.71. The average molecular weight is 466 g/mol. The first-order valence-electron chi connectivity index (χ1n) is 10.5. The first-order chi connectivity index (χ1) is 15.3. The van der Waals surface area contributed by atoms with Crippen LogP contribution >= 0.6 is 0 Å². The molecule has 1 heterocycles. The van der Waals surface area contributed by atoms with Crippen molar-refractivity contribution in [3.63, 3.8) is 0 Å². The summed E-state index contributed by atoms with van der Waals surface area (Å²) in [5.41, 5.74) is 5.66. The van der Waals surface area contributed by atoms with Crippen molar-refractivity contribution in [3.8, 4) is 0 Å². The maximum absolute atomic E-state index is 12.8. The summed E-state index contributed by atoms with van der Waals surface area (Å²) in [6.45, 7) is 3.35. The fraction of sp³-hybridized carbons (Fsp3) is 0.478. The molecule has 3 N–H and O–H groups in total. The number of hydrogen-bond acceptors (Lipinski definition) is 8. The van der Waals surface area contributed by atoms with E-state index >= 15 is 0 Å². The van der Waals surface area contributed by atoms with Gasteiger partial charge in [-0.3, -0.25) is 0 Å². The highest BCUT2D eigenvalue weighted by Crippen LogP contribution is 2.38. The highest BCUT2D eigenvalue weighted by atomic mass is 32.2. The lowest BCUT2D eigenvalue weighted by Crippen LogP contribution is -2.56. The van der Waals surface area contributed by atoms with E-state index in [0.717, 1.165) is 0 Å². The summed E-state index contributed by atoms with van der Waals surface area (Å²) in [4.78, 5) is 0.388. The summed E-state index contributed by atoms with van der Waals surface area (Å²) < 4.78 is 47.8. The summed E-state index contributed by atoms with van der Waals surface area (Å²) in [5, 5.41) is 10.7. The maximum atomic E-state index is 12.8. The third-order valence-electron chi connectivity index (χ3n) is 5.57. The van der Waals surface area contributed by atoms with E-state index in [1.807, 2.05) is 0 Å². The molecule has 0 saturated carbocycles. The van der Waals surface area contributed by atoms with Crippen LogP contribution in [-0.2, 0) is 34.4 Å². The Hall–Kier alpha value is -1.85. The molecule has 3 rings (SSSR count). The van der Waals surface area contributed by atoms with E-state index in [-0.39, 0.29) is 22.8 Å². The fourth-order valence-electron chi connectivity index (χ4n) is 3.59. The molecule has 4 atom stereocenters. The minimum Gasteiger partial charge on any atom is -0.390 e. The van der Waals surface area contributed by atoms with Gasteiger partial charge < -0.3 is 29.8 Å². The number of ether oxygens (including phenoxy) is 4. The van der Waals surface area contributed by atoms with Gasteiger partial charge in [0.1, 0.15) is 5.60 Å². The first kappa shape index (κ1) is 24.8. The molecular formula is C23H31NO7S. The van der Waals surface area contributed by atoms with Crippen LogP contribution in [0.3, 0.4) is 0 Å². The van der Waals surface area contributed by atoms with Crippen LogP contribution < -0.4 is 5.73 Å². The van der Waals surface area contributed by atoms with Crippen molar-refractivity contribution >= 4 is 9.84 Å². The van der Waals surface area contributed by atoms with Gasteiger partial charge in [0.2, 0.25) is 9.84 Å². The summed E-state index contributed by atoms with van der Waals surface area (Å²) >= 11 is 0. The number of rotatable bonds is 10. The molecule has 1 fully saturated rings. The number of hydrogen-bond donors (Lipinski definition) is 2. The Morgan fingerprint density at radius 2 is 1.66 bits per heavy atom. The zero-order valence-corrected chi connectivity index (χ0v) is 19.2. The topological polar surface area (TPSA) is 117 Å². The summed E-state index contributed by atoms with van der Waals surface area (Å²) in [7, 11) is -2.03. The number of aliphatic hydroxyl groups is 1. The molecular weight excluding hydrogens is 434 g/mol. The third kappa shape index (κ3) is 5.55. The Bertz CT molecular complexity index is 952. The SMILES string of the molecule is COCCOCCO[C@@H]1O[C@@](C)(c2ccc(S(=O)(=O)c3ccccc3)cc2)[C@@H](O)C[C@H]1N. The molecule has 176 valence electrons. The Morgan fingerprint density at radius 3 is 2.31 bits per heavy atom. The van der Waals surface area contributed by atoms with Gasteiger partial charge >= 0.3 is 0 Å². The van der Waals surface area contributed by atoms with Crippen LogP contribution in [0, 0.1) is 0 Å². The molecule has 1 saturated heterocycles. The molecule has 0 amide bonds. The number of sulfone groups is 1. The largest absolute Gasteiger partial charge is 0.390 e. The normalized spacial score (nSPS) is 26.2. The van der Waals surface area contributed by atoms with Gasteiger partial charge in [0.25, 0.3) is 0 Å². The predicted molar refractivity (Wildman–Crippen MR) is 118 cm³/mol. The van der Waals surface area contributed by atoms with E-state index in [1.54, 1.807) is 56.5 Å². The second-order valence-electron chi connectivity index (χ2n) is 7.83. The average Bonchev–Trinajstić information content (AvgIpc) is 2.80. The molecule has 1 aliphatic rings. The fourth-order valence-corrected chi connectivity index (χ4v) is 4.87. The van der Waals surface area contributed by atoms with Gasteiger partial charge in [-0.05, 0) is 43.2 Å². The van der Waals surface area contributed by atoms with E-state index in [1.165, 1.54) is 12.1 Å². The third-order valence-corrected chi connectivity index (χ3v) is 7.36. The summed E-state index contributed by atoms with van der Waals surface area (Å²) in [6.07, 6.45) is -1.34. The molecule has 0 radical (unpaired) electrons. The number of benzene rings is 2. The van der Waals surface area contributed by atoms with Crippen molar-refractivity contribution in [3.05, 3.63) is 60.2 Å². The molecule has 0 aromatic heterocycles. The van der Waals surface area contributed by atoms with E-state index < -0.39 is 33.9 Å². The lowest BCUT2D eigenvalue weighted by atomic mass is 9.84. The van der Waals surface area contributed by atoms with Crippen LogP contribution in [0.4, 0.5) is 0 Å². The van der Waals surface area contributed by atoms with Crippen molar-refractivity contribution in [1.29, 1.82) is 0 Å². The highest BCUT2D eigenvalue weighted by molar-refractivity contribution is 7.91. The van der Waals surface area contributed by atoms with Crippen molar-refractivity contribution in [1.82, 2.24) is 0 Å². The van der Waals surface area contributed by atoms with E-state index in [0.29, 0.717) is 25.4 Å². The van der Waals surface area contributed by atoms with Crippen molar-refractivity contribution in [2.45, 2.75) is 47.2 Å². The molecule has 0 aliphatic carbocycles. The molecule has 9 heteroatoms. The standard InChI is InChI=1S/C23H31NO7S/c1-23(21(25)16-20(24)22(31-23)30-15-14-29-13-12-28-2)17-8-10-19(11-9-17)32(26,27)18-6-4-3-5-7-18/h3-11,20-22,25H,12-16,24H2,1-2H3/t20-,21+,22-,23+/m1/s1. The number of aliphatic hydroxyl groups excluding tert-OH is 1. The number of nitrogens with two attached hydrogens (primary N) is 1. The van der Waals surface area contributed by atoms with Gasteiger partial charge in [0.15, 0.2) is 6.29 Å². The van der Waals surface area contributed by atoms with E-state index in [2.05, 4.69) is 0 Å². The van der Waals surface area contributed by atoms with Crippen LogP contribution in [-0.4, -0.2) is 65.5 Å². The van der Waals surface area contributed by atoms with Crippen molar-refractivity contribution in [2.75, 3.05) is 33.5 Å². The Kier molecular flexibility index (Phi) is 8.40. The second kappa shape index (κ2) is 10.8. The van der Waals surface area contributed by atoms with Crippen LogP contribution in [0.2, 0.25) is 0 Å². The quantitative estimate of drug-likeness (QED) is 0.511. The van der Waals surface area contributed by atoms with Gasteiger partial charge in [-0.15, -0.1) is 0 Å². The van der Waals surface area contributed by atoms with Crippen LogP contribution in [0.5, 0.6) is 0 Å². The van der Waals surface area contributed by atoms with Gasteiger partial charge in [0.05, 0.1) is 48.4 Å². The second-order valence-corrected chi connectivity index (χ2v) is 9.78. The molecule has 1 aliphatic heterocycles. The predicted octanol–water partition coefficient (Wildman–Crippen LogP) is 1.85. The number of methoxy groups -OCH3 is 1. The minimum atomic E-state index is -3.63. The lowest BCUT2D eigenvalue weighted by Gasteiger charge is -2.45. The molecule has 8 nitrogen and oxygen atoms in total. The zero-order chi connectivity index (χ0) is 23.2. The van der Waals surface area contributed by atoms with Crippen LogP contribution in [0.25, 0.3) is 0 Å². The van der Waals surface area contributed by atoms with Gasteiger partial charge in [0, 0.05) is 7.11 Å².